The van der Waals surface area contributed by atoms with Gasteiger partial charge in [0.15, 0.2) is 0 Å². The Balaban J connectivity index is 1.58. The topological polar surface area (TPSA) is 42.0 Å². The van der Waals surface area contributed by atoms with E-state index >= 15 is 0 Å². The molecule has 2 saturated heterocycles. The summed E-state index contributed by atoms with van der Waals surface area (Å²) in [7, 11) is 1.94. The number of likely N-dealkylation sites (N-methyl/N-ethyl adjacent to an activating group) is 1. The third kappa shape index (κ3) is 5.35. The standard InChI is InChI=1S/C19H25F3N2O3/c1-23(9-5-14-7-11-26-12-8-14)17-6-10-24(18(17)25)15-3-2-4-16(13-15)27-19(20,21)22/h2-4,13-14,17H,5-12H2,1H3. The van der Waals surface area contributed by atoms with Crippen molar-refractivity contribution in [2.75, 3.05) is 38.3 Å². The molecule has 5 nitrogen and oxygen atoms in total. The number of ether oxygens (including phenoxy) is 2. The van der Waals surface area contributed by atoms with Gasteiger partial charge in [0.1, 0.15) is 5.75 Å². The Morgan fingerprint density at radius 2 is 2.00 bits per heavy atom. The normalized spacial score (nSPS) is 21.9. The lowest BCUT2D eigenvalue weighted by atomic mass is 9.96. The Hall–Kier alpha value is -1.80. The molecule has 0 bridgehead atoms. The summed E-state index contributed by atoms with van der Waals surface area (Å²) in [6.07, 6.45) is -0.943. The van der Waals surface area contributed by atoms with Crippen LogP contribution in [-0.4, -0.2) is 56.6 Å². The van der Waals surface area contributed by atoms with Crippen LogP contribution in [0.15, 0.2) is 24.3 Å². The predicted molar refractivity (Wildman–Crippen MR) is 94.7 cm³/mol. The smallest absolute Gasteiger partial charge is 0.406 e. The van der Waals surface area contributed by atoms with Gasteiger partial charge < -0.3 is 14.4 Å². The highest BCUT2D eigenvalue weighted by Gasteiger charge is 2.36. The fourth-order valence-electron chi connectivity index (χ4n) is 3.76. The zero-order chi connectivity index (χ0) is 19.4. The Morgan fingerprint density at radius 1 is 1.26 bits per heavy atom. The van der Waals surface area contributed by atoms with Gasteiger partial charge in [0, 0.05) is 31.5 Å². The molecule has 2 fully saturated rings. The number of halogens is 3. The molecule has 150 valence electrons. The van der Waals surface area contributed by atoms with Crippen molar-refractivity contribution >= 4 is 11.6 Å². The first-order valence-electron chi connectivity index (χ1n) is 9.28. The van der Waals surface area contributed by atoms with Gasteiger partial charge in [-0.05, 0) is 57.3 Å². The zero-order valence-corrected chi connectivity index (χ0v) is 15.4. The molecule has 1 unspecified atom stereocenters. The maximum atomic E-state index is 12.8. The van der Waals surface area contributed by atoms with Crippen molar-refractivity contribution in [1.29, 1.82) is 0 Å². The number of hydrogen-bond acceptors (Lipinski definition) is 4. The molecular weight excluding hydrogens is 361 g/mol. The van der Waals surface area contributed by atoms with Gasteiger partial charge in [0.05, 0.1) is 6.04 Å². The summed E-state index contributed by atoms with van der Waals surface area (Å²) in [6.45, 7) is 2.93. The summed E-state index contributed by atoms with van der Waals surface area (Å²) in [4.78, 5) is 16.4. The minimum absolute atomic E-state index is 0.0753. The van der Waals surface area contributed by atoms with Crippen LogP contribution in [0, 0.1) is 5.92 Å². The van der Waals surface area contributed by atoms with Crippen molar-refractivity contribution in [3.8, 4) is 5.75 Å². The molecule has 0 radical (unpaired) electrons. The lowest BCUT2D eigenvalue weighted by Gasteiger charge is -2.27. The van der Waals surface area contributed by atoms with Crippen molar-refractivity contribution < 1.29 is 27.4 Å². The third-order valence-electron chi connectivity index (χ3n) is 5.30. The first kappa shape index (κ1) is 19.9. The highest BCUT2D eigenvalue weighted by Crippen LogP contribution is 2.30. The minimum atomic E-state index is -4.75. The van der Waals surface area contributed by atoms with Crippen LogP contribution in [0.25, 0.3) is 0 Å². The van der Waals surface area contributed by atoms with Crippen LogP contribution < -0.4 is 9.64 Å². The molecule has 2 heterocycles. The van der Waals surface area contributed by atoms with E-state index in [1.165, 1.54) is 18.2 Å². The van der Waals surface area contributed by atoms with Crippen LogP contribution in [0.2, 0.25) is 0 Å². The maximum absolute atomic E-state index is 12.8. The fourth-order valence-corrected chi connectivity index (χ4v) is 3.76. The van der Waals surface area contributed by atoms with Crippen LogP contribution in [-0.2, 0) is 9.53 Å². The van der Waals surface area contributed by atoms with E-state index in [2.05, 4.69) is 9.64 Å². The Bertz CT molecular complexity index is 647. The van der Waals surface area contributed by atoms with Gasteiger partial charge in [0.25, 0.3) is 0 Å². The Labute approximate surface area is 157 Å². The van der Waals surface area contributed by atoms with E-state index in [0.717, 1.165) is 39.0 Å². The molecule has 8 heteroatoms. The second-order valence-corrected chi connectivity index (χ2v) is 7.16. The van der Waals surface area contributed by atoms with E-state index in [9.17, 15) is 18.0 Å². The highest BCUT2D eigenvalue weighted by molar-refractivity contribution is 5.99. The van der Waals surface area contributed by atoms with Crippen LogP contribution in [0.3, 0.4) is 0 Å². The monoisotopic (exact) mass is 386 g/mol. The first-order chi connectivity index (χ1) is 12.8. The summed E-state index contributed by atoms with van der Waals surface area (Å²) in [5, 5.41) is 0. The number of rotatable bonds is 6. The second-order valence-electron chi connectivity index (χ2n) is 7.16. The molecule has 0 spiro atoms. The molecular formula is C19H25F3N2O3. The highest BCUT2D eigenvalue weighted by atomic mass is 19.4. The van der Waals surface area contributed by atoms with E-state index < -0.39 is 6.36 Å². The lowest BCUT2D eigenvalue weighted by Crippen LogP contribution is -2.40. The molecule has 3 rings (SSSR count). The quantitative estimate of drug-likeness (QED) is 0.751. The number of carbonyl (C=O) groups excluding carboxylic acids is 1. The van der Waals surface area contributed by atoms with Gasteiger partial charge in [-0.25, -0.2) is 0 Å². The summed E-state index contributed by atoms with van der Waals surface area (Å²) in [5.41, 5.74) is 0.432. The summed E-state index contributed by atoms with van der Waals surface area (Å²) < 4.78 is 46.6. The molecule has 2 aliphatic heterocycles. The predicted octanol–water partition coefficient (Wildman–Crippen LogP) is 3.44. The number of nitrogens with zero attached hydrogens (tertiary/aromatic N) is 2. The van der Waals surface area contributed by atoms with E-state index in [1.807, 2.05) is 7.05 Å². The van der Waals surface area contributed by atoms with E-state index in [4.69, 9.17) is 4.74 Å². The van der Waals surface area contributed by atoms with Crippen molar-refractivity contribution in [2.45, 2.75) is 38.1 Å². The molecule has 1 aromatic rings. The van der Waals surface area contributed by atoms with E-state index in [0.29, 0.717) is 24.6 Å². The van der Waals surface area contributed by atoms with E-state index in [1.54, 1.807) is 11.0 Å². The van der Waals surface area contributed by atoms with Gasteiger partial charge in [-0.15, -0.1) is 13.2 Å². The first-order valence-corrected chi connectivity index (χ1v) is 9.28. The molecule has 0 aliphatic carbocycles. The van der Waals surface area contributed by atoms with Crippen LogP contribution in [0.4, 0.5) is 18.9 Å². The van der Waals surface area contributed by atoms with Crippen LogP contribution >= 0.6 is 0 Å². The van der Waals surface area contributed by atoms with Crippen LogP contribution in [0.1, 0.15) is 25.7 Å². The summed E-state index contributed by atoms with van der Waals surface area (Å²) in [6, 6.07) is 5.35. The fraction of sp³-hybridized carbons (Fsp3) is 0.632. The van der Waals surface area contributed by atoms with Crippen molar-refractivity contribution in [1.82, 2.24) is 4.90 Å². The number of anilines is 1. The zero-order valence-electron chi connectivity index (χ0n) is 15.4. The van der Waals surface area contributed by atoms with E-state index in [-0.39, 0.29) is 17.7 Å². The van der Waals surface area contributed by atoms with Crippen molar-refractivity contribution in [3.05, 3.63) is 24.3 Å². The van der Waals surface area contributed by atoms with Gasteiger partial charge in [-0.1, -0.05) is 6.07 Å². The van der Waals surface area contributed by atoms with Gasteiger partial charge in [-0.2, -0.15) is 0 Å². The molecule has 0 aromatic heterocycles. The maximum Gasteiger partial charge on any atom is 0.573 e. The van der Waals surface area contributed by atoms with Gasteiger partial charge in [0.2, 0.25) is 5.91 Å². The number of alkyl halides is 3. The number of amides is 1. The largest absolute Gasteiger partial charge is 0.573 e. The van der Waals surface area contributed by atoms with Crippen LogP contribution in [0.5, 0.6) is 5.75 Å². The molecule has 0 N–H and O–H groups in total. The molecule has 1 amide bonds. The van der Waals surface area contributed by atoms with Gasteiger partial charge >= 0.3 is 6.36 Å². The second kappa shape index (κ2) is 8.48. The average Bonchev–Trinajstić information content (AvgIpc) is 3.01. The molecule has 2 aliphatic rings. The SMILES string of the molecule is CN(CCC1CCOCC1)C1CCN(c2cccc(OC(F)(F)F)c2)C1=O. The Kier molecular flexibility index (Phi) is 6.26. The molecule has 1 atom stereocenters. The lowest BCUT2D eigenvalue weighted by molar-refractivity contribution is -0.274. The average molecular weight is 386 g/mol. The van der Waals surface area contributed by atoms with Crippen molar-refractivity contribution in [2.24, 2.45) is 5.92 Å². The Morgan fingerprint density at radius 3 is 2.70 bits per heavy atom. The minimum Gasteiger partial charge on any atom is -0.406 e. The number of benzene rings is 1. The molecule has 1 aromatic carbocycles. The summed E-state index contributed by atoms with van der Waals surface area (Å²) >= 11 is 0. The molecule has 27 heavy (non-hydrogen) atoms. The third-order valence-corrected chi connectivity index (χ3v) is 5.30. The van der Waals surface area contributed by atoms with Crippen molar-refractivity contribution in [3.63, 3.8) is 0 Å². The number of carbonyl (C=O) groups is 1. The number of hydrogen-bond donors (Lipinski definition) is 0. The molecule has 0 saturated carbocycles. The van der Waals surface area contributed by atoms with Gasteiger partial charge in [-0.3, -0.25) is 9.69 Å². The summed E-state index contributed by atoms with van der Waals surface area (Å²) in [5.74, 6) is 0.239.